The first-order chi connectivity index (χ1) is 15.4. The molecular weight excluding hydrogens is 404 g/mol. The molecule has 2 aromatic carbocycles. The maximum Gasteiger partial charge on any atom is 0.295 e. The molecule has 4 rings (SSSR count). The first-order valence-corrected chi connectivity index (χ1v) is 11.1. The summed E-state index contributed by atoms with van der Waals surface area (Å²) in [6.07, 6.45) is 4.28. The van der Waals surface area contributed by atoms with Gasteiger partial charge in [0.05, 0.1) is 18.7 Å². The zero-order valence-electron chi connectivity index (χ0n) is 18.9. The monoisotopic (exact) mass is 434 g/mol. The van der Waals surface area contributed by atoms with Gasteiger partial charge in [-0.1, -0.05) is 30.3 Å². The van der Waals surface area contributed by atoms with Crippen molar-refractivity contribution in [3.8, 4) is 5.75 Å². The first-order valence-electron chi connectivity index (χ1n) is 11.1. The molecule has 0 spiro atoms. The molecule has 1 saturated heterocycles. The van der Waals surface area contributed by atoms with Crippen molar-refractivity contribution >= 4 is 17.4 Å². The molecule has 1 atom stereocenters. The van der Waals surface area contributed by atoms with E-state index in [-0.39, 0.29) is 11.3 Å². The predicted molar refractivity (Wildman–Crippen MR) is 124 cm³/mol. The Kier molecular flexibility index (Phi) is 6.33. The Labute approximate surface area is 189 Å². The van der Waals surface area contributed by atoms with Crippen LogP contribution in [0.1, 0.15) is 41.1 Å². The molecule has 2 aliphatic rings. The highest BCUT2D eigenvalue weighted by molar-refractivity contribution is 6.46. The number of hydrogen-bond acceptors (Lipinski definition) is 5. The fourth-order valence-electron chi connectivity index (χ4n) is 4.67. The summed E-state index contributed by atoms with van der Waals surface area (Å²) in [6, 6.07) is 12.5. The SMILES string of the molecule is COc1ccccc1C1/C(=C(\O)c2ccc3c(c2)CCCC3)C(=O)C(=O)N1CCN(C)C. The number of hydrogen-bond donors (Lipinski definition) is 1. The second kappa shape index (κ2) is 9.17. The van der Waals surface area contributed by atoms with Crippen molar-refractivity contribution in [1.82, 2.24) is 9.80 Å². The number of ether oxygens (including phenoxy) is 1. The van der Waals surface area contributed by atoms with Crippen molar-refractivity contribution in [2.75, 3.05) is 34.3 Å². The lowest BCUT2D eigenvalue weighted by Gasteiger charge is -2.27. The van der Waals surface area contributed by atoms with Gasteiger partial charge in [0.25, 0.3) is 11.7 Å². The van der Waals surface area contributed by atoms with Crippen LogP contribution >= 0.6 is 0 Å². The van der Waals surface area contributed by atoms with Gasteiger partial charge in [-0.2, -0.15) is 0 Å². The van der Waals surface area contributed by atoms with E-state index in [2.05, 4.69) is 0 Å². The number of ketones is 1. The summed E-state index contributed by atoms with van der Waals surface area (Å²) in [5, 5.41) is 11.3. The van der Waals surface area contributed by atoms with Gasteiger partial charge in [0.15, 0.2) is 0 Å². The van der Waals surface area contributed by atoms with E-state index in [9.17, 15) is 14.7 Å². The summed E-state index contributed by atoms with van der Waals surface area (Å²) in [5.41, 5.74) is 3.88. The van der Waals surface area contributed by atoms with Gasteiger partial charge in [-0.05, 0) is 63.0 Å². The average Bonchev–Trinajstić information content (AvgIpc) is 3.06. The molecule has 0 radical (unpaired) electrons. The third kappa shape index (κ3) is 4.02. The quantitative estimate of drug-likeness (QED) is 0.428. The third-order valence-electron chi connectivity index (χ3n) is 6.38. The molecule has 0 aromatic heterocycles. The minimum absolute atomic E-state index is 0.119. The zero-order chi connectivity index (χ0) is 22.8. The number of likely N-dealkylation sites (N-methyl/N-ethyl adjacent to an activating group) is 1. The fraction of sp³-hybridized carbons (Fsp3) is 0.385. The highest BCUT2D eigenvalue weighted by Crippen LogP contribution is 2.42. The van der Waals surface area contributed by atoms with Gasteiger partial charge >= 0.3 is 0 Å². The van der Waals surface area contributed by atoms with Crippen LogP contribution in [0.5, 0.6) is 5.75 Å². The van der Waals surface area contributed by atoms with Gasteiger partial charge in [0, 0.05) is 24.2 Å². The lowest BCUT2D eigenvalue weighted by molar-refractivity contribution is -0.140. The topological polar surface area (TPSA) is 70.1 Å². The molecule has 1 unspecified atom stereocenters. The lowest BCUT2D eigenvalue weighted by atomic mass is 9.88. The summed E-state index contributed by atoms with van der Waals surface area (Å²) in [6.45, 7) is 0.957. The van der Waals surface area contributed by atoms with Crippen LogP contribution in [0.3, 0.4) is 0 Å². The molecule has 1 amide bonds. The molecule has 1 fully saturated rings. The third-order valence-corrected chi connectivity index (χ3v) is 6.38. The Morgan fingerprint density at radius 1 is 1.09 bits per heavy atom. The van der Waals surface area contributed by atoms with Gasteiger partial charge in [0.1, 0.15) is 11.5 Å². The van der Waals surface area contributed by atoms with Gasteiger partial charge in [-0.25, -0.2) is 0 Å². The van der Waals surface area contributed by atoms with Gasteiger partial charge in [0.2, 0.25) is 0 Å². The number of nitrogens with zero attached hydrogens (tertiary/aromatic N) is 2. The highest BCUT2D eigenvalue weighted by atomic mass is 16.5. The smallest absolute Gasteiger partial charge is 0.295 e. The maximum atomic E-state index is 13.2. The van der Waals surface area contributed by atoms with Crippen LogP contribution in [-0.4, -0.2) is 60.9 Å². The summed E-state index contributed by atoms with van der Waals surface area (Å²) < 4.78 is 5.55. The number of aryl methyl sites for hydroxylation is 2. The zero-order valence-corrected chi connectivity index (χ0v) is 18.9. The number of rotatable bonds is 6. The molecule has 2 aromatic rings. The van der Waals surface area contributed by atoms with Crippen LogP contribution in [0.25, 0.3) is 5.76 Å². The molecular formula is C26H30N2O4. The van der Waals surface area contributed by atoms with E-state index in [4.69, 9.17) is 4.74 Å². The van der Waals surface area contributed by atoms with E-state index in [1.165, 1.54) is 17.5 Å². The lowest BCUT2D eigenvalue weighted by Crippen LogP contribution is -2.35. The van der Waals surface area contributed by atoms with Gasteiger partial charge < -0.3 is 19.6 Å². The summed E-state index contributed by atoms with van der Waals surface area (Å²) in [4.78, 5) is 29.7. The van der Waals surface area contributed by atoms with Crippen LogP contribution in [0, 0.1) is 0 Å². The molecule has 168 valence electrons. The van der Waals surface area contributed by atoms with Crippen LogP contribution in [0.2, 0.25) is 0 Å². The number of methoxy groups -OCH3 is 1. The Morgan fingerprint density at radius 2 is 1.81 bits per heavy atom. The summed E-state index contributed by atoms with van der Waals surface area (Å²) in [7, 11) is 5.40. The Bertz CT molecular complexity index is 1070. The number of likely N-dealkylation sites (tertiary alicyclic amines) is 1. The van der Waals surface area contributed by atoms with Crippen molar-refractivity contribution in [2.24, 2.45) is 0 Å². The Hall–Kier alpha value is -3.12. The van der Waals surface area contributed by atoms with Crippen molar-refractivity contribution in [3.05, 3.63) is 70.3 Å². The van der Waals surface area contributed by atoms with E-state index in [0.29, 0.717) is 30.0 Å². The van der Waals surface area contributed by atoms with Crippen molar-refractivity contribution in [3.63, 3.8) is 0 Å². The minimum atomic E-state index is -0.706. The summed E-state index contributed by atoms with van der Waals surface area (Å²) in [5.74, 6) is -0.803. The summed E-state index contributed by atoms with van der Waals surface area (Å²) >= 11 is 0. The minimum Gasteiger partial charge on any atom is -0.507 e. The Balaban J connectivity index is 1.85. The molecule has 1 aliphatic carbocycles. The van der Waals surface area contributed by atoms with E-state index in [1.54, 1.807) is 18.1 Å². The Morgan fingerprint density at radius 3 is 2.53 bits per heavy atom. The number of Topliss-reactive ketones (excluding diaryl/α,β-unsaturated/α-hetero) is 1. The fourth-order valence-corrected chi connectivity index (χ4v) is 4.67. The largest absolute Gasteiger partial charge is 0.507 e. The van der Waals surface area contributed by atoms with Crippen LogP contribution in [-0.2, 0) is 22.4 Å². The van der Waals surface area contributed by atoms with Gasteiger partial charge in [-0.3, -0.25) is 9.59 Å². The number of para-hydroxylation sites is 1. The molecule has 1 aliphatic heterocycles. The van der Waals surface area contributed by atoms with Crippen molar-refractivity contribution < 1.29 is 19.4 Å². The number of carbonyl (C=O) groups is 2. The van der Waals surface area contributed by atoms with Crippen molar-refractivity contribution in [2.45, 2.75) is 31.7 Å². The van der Waals surface area contributed by atoms with E-state index < -0.39 is 17.7 Å². The number of amides is 1. The number of fused-ring (bicyclic) bond motifs is 1. The van der Waals surface area contributed by atoms with Crippen molar-refractivity contribution in [1.29, 1.82) is 0 Å². The van der Waals surface area contributed by atoms with Gasteiger partial charge in [-0.15, -0.1) is 0 Å². The highest BCUT2D eigenvalue weighted by Gasteiger charge is 2.46. The van der Waals surface area contributed by atoms with E-state index >= 15 is 0 Å². The van der Waals surface area contributed by atoms with Crippen LogP contribution in [0.4, 0.5) is 0 Å². The number of aliphatic hydroxyl groups excluding tert-OH is 1. The van der Waals surface area contributed by atoms with Crippen LogP contribution in [0.15, 0.2) is 48.0 Å². The second-order valence-electron chi connectivity index (χ2n) is 8.73. The normalized spacial score (nSPS) is 20.0. The molecule has 6 nitrogen and oxygen atoms in total. The second-order valence-corrected chi connectivity index (χ2v) is 8.73. The number of benzene rings is 2. The molecule has 32 heavy (non-hydrogen) atoms. The molecule has 6 heteroatoms. The molecule has 0 saturated carbocycles. The number of carbonyl (C=O) groups excluding carboxylic acids is 2. The standard InChI is InChI=1S/C26H30N2O4/c1-27(2)14-15-28-23(20-10-6-7-11-21(20)32-3)22(25(30)26(28)31)24(29)19-13-12-17-8-4-5-9-18(17)16-19/h6-7,10-13,16,23,29H,4-5,8-9,14-15H2,1-3H3/b24-22+. The number of aliphatic hydroxyl groups is 1. The maximum absolute atomic E-state index is 13.2. The average molecular weight is 435 g/mol. The molecule has 1 N–H and O–H groups in total. The predicted octanol–water partition coefficient (Wildman–Crippen LogP) is 3.56. The van der Waals surface area contributed by atoms with E-state index in [1.807, 2.05) is 55.4 Å². The first kappa shape index (κ1) is 22.1. The molecule has 1 heterocycles. The van der Waals surface area contributed by atoms with E-state index in [0.717, 1.165) is 19.3 Å². The molecule has 0 bridgehead atoms. The van der Waals surface area contributed by atoms with Crippen LogP contribution < -0.4 is 4.74 Å².